The van der Waals surface area contributed by atoms with Crippen LogP contribution in [0.15, 0.2) is 114 Å². The molecule has 2 amide bonds. The number of carbonyl (C=O) groups is 2. The van der Waals surface area contributed by atoms with Crippen LogP contribution in [-0.4, -0.2) is 32.3 Å². The van der Waals surface area contributed by atoms with Crippen molar-refractivity contribution < 1.29 is 31.2 Å². The molecule has 2 N–H and O–H groups in total. The molecule has 4 aromatic rings. The van der Waals surface area contributed by atoms with E-state index in [1.165, 1.54) is 0 Å². The normalized spacial score (nSPS) is 13.1. The highest BCUT2D eigenvalue weighted by atomic mass is 32.2. The van der Waals surface area contributed by atoms with E-state index in [0.29, 0.717) is 23.6 Å². The zero-order valence-corrected chi connectivity index (χ0v) is 25.4. The molecule has 0 fully saturated rings. The molecule has 0 unspecified atom stereocenters. The van der Waals surface area contributed by atoms with Crippen LogP contribution in [0.3, 0.4) is 0 Å². The molecule has 0 bridgehead atoms. The molecule has 0 aliphatic heterocycles. The summed E-state index contributed by atoms with van der Waals surface area (Å²) in [7, 11) is -4.36. The van der Waals surface area contributed by atoms with Gasteiger partial charge in [0.1, 0.15) is 17.7 Å². The third-order valence-corrected chi connectivity index (χ3v) is 8.46. The minimum absolute atomic E-state index is 0.000951. The number of nitrogens with one attached hydrogen (secondary N) is 2. The Hall–Kier alpha value is -4.70. The lowest BCUT2D eigenvalue weighted by Crippen LogP contribution is -2.50. The quantitative estimate of drug-likeness (QED) is 0.184. The van der Waals surface area contributed by atoms with Crippen LogP contribution in [0.4, 0.5) is 13.2 Å². The number of carbonyl (C=O) groups excluding carboxylic acids is 2. The van der Waals surface area contributed by atoms with Gasteiger partial charge in [-0.2, -0.15) is 4.39 Å². The summed E-state index contributed by atoms with van der Waals surface area (Å²) < 4.78 is 68.8. The Labute approximate surface area is 260 Å². The lowest BCUT2D eigenvalue weighted by molar-refractivity contribution is -0.123. The smallest absolute Gasteiger partial charge is 0.252 e. The topological polar surface area (TPSA) is 92.3 Å². The highest BCUT2D eigenvalue weighted by Crippen LogP contribution is 2.19. The molecule has 6 nitrogen and oxygen atoms in total. The van der Waals surface area contributed by atoms with E-state index in [2.05, 4.69) is 10.6 Å². The van der Waals surface area contributed by atoms with Gasteiger partial charge in [-0.3, -0.25) is 9.59 Å². The molecule has 0 heterocycles. The predicted molar refractivity (Wildman–Crippen MR) is 167 cm³/mol. The van der Waals surface area contributed by atoms with Gasteiger partial charge in [0.15, 0.2) is 0 Å². The van der Waals surface area contributed by atoms with Crippen LogP contribution in [0, 0.1) is 18.6 Å². The van der Waals surface area contributed by atoms with Crippen molar-refractivity contribution in [3.8, 4) is 0 Å². The van der Waals surface area contributed by atoms with E-state index in [1.807, 2.05) is 49.4 Å². The standard InChI is InChI=1S/C35H33F3N2O4S/c1-24-9-8-14-27(17-24)18-32(40-34(41)28-19-29(36)21-30(37)20-28)35(42)39-31(16-15-25-10-4-2-5-11-25)22-33(38)45(43,44)23-26-12-6-3-7-13-26/h2-14,17,19-22,31-32H,15-16,18,23H2,1H3,(H,39,42)(H,40,41)/b33-22+/t31-,32-/m0/s1. The Kier molecular flexibility index (Phi) is 11.3. The van der Waals surface area contributed by atoms with Crippen molar-refractivity contribution in [2.75, 3.05) is 0 Å². The average Bonchev–Trinajstić information content (AvgIpc) is 2.99. The first-order valence-corrected chi connectivity index (χ1v) is 15.9. The van der Waals surface area contributed by atoms with Crippen molar-refractivity contribution in [2.24, 2.45) is 0 Å². The first-order chi connectivity index (χ1) is 21.5. The fourth-order valence-electron chi connectivity index (χ4n) is 4.78. The van der Waals surface area contributed by atoms with Gasteiger partial charge in [-0.25, -0.2) is 17.2 Å². The Balaban J connectivity index is 1.61. The maximum atomic E-state index is 15.4. The molecule has 2 atom stereocenters. The van der Waals surface area contributed by atoms with Crippen LogP contribution in [0.1, 0.15) is 39.0 Å². The predicted octanol–water partition coefficient (Wildman–Crippen LogP) is 6.16. The van der Waals surface area contributed by atoms with E-state index in [-0.39, 0.29) is 18.4 Å². The molecule has 0 saturated carbocycles. The molecule has 4 rings (SSSR count). The van der Waals surface area contributed by atoms with Crippen LogP contribution >= 0.6 is 0 Å². The summed E-state index contributed by atoms with van der Waals surface area (Å²) in [6.07, 6.45) is 1.39. The largest absolute Gasteiger partial charge is 0.348 e. The van der Waals surface area contributed by atoms with Gasteiger partial charge in [-0.05, 0) is 54.7 Å². The van der Waals surface area contributed by atoms with Crippen LogP contribution in [0.25, 0.3) is 0 Å². The van der Waals surface area contributed by atoms with Gasteiger partial charge in [0.2, 0.25) is 20.9 Å². The van der Waals surface area contributed by atoms with Crippen molar-refractivity contribution in [2.45, 2.75) is 44.0 Å². The minimum Gasteiger partial charge on any atom is -0.348 e. The molecule has 10 heteroatoms. The molecule has 0 spiro atoms. The Morgan fingerprint density at radius 1 is 0.778 bits per heavy atom. The number of hydrogen-bond acceptors (Lipinski definition) is 4. The zero-order chi connectivity index (χ0) is 32.4. The summed E-state index contributed by atoms with van der Waals surface area (Å²) in [4.78, 5) is 26.7. The Morgan fingerprint density at radius 2 is 1.38 bits per heavy atom. The lowest BCUT2D eigenvalue weighted by atomic mass is 10.0. The molecular formula is C35H33F3N2O4S. The van der Waals surface area contributed by atoms with Gasteiger partial charge in [0, 0.05) is 18.1 Å². The highest BCUT2D eigenvalue weighted by molar-refractivity contribution is 7.94. The summed E-state index contributed by atoms with van der Waals surface area (Å²) in [5, 5.41) is 3.83. The van der Waals surface area contributed by atoms with Crippen molar-refractivity contribution in [3.63, 3.8) is 0 Å². The van der Waals surface area contributed by atoms with Gasteiger partial charge in [0.25, 0.3) is 5.91 Å². The van der Waals surface area contributed by atoms with Gasteiger partial charge in [-0.1, -0.05) is 90.5 Å². The fourth-order valence-corrected chi connectivity index (χ4v) is 5.92. The summed E-state index contributed by atoms with van der Waals surface area (Å²) in [6.45, 7) is 1.86. The average molecular weight is 635 g/mol. The van der Waals surface area contributed by atoms with Gasteiger partial charge < -0.3 is 10.6 Å². The van der Waals surface area contributed by atoms with Crippen molar-refractivity contribution >= 4 is 21.7 Å². The van der Waals surface area contributed by atoms with Crippen molar-refractivity contribution in [1.82, 2.24) is 10.6 Å². The maximum Gasteiger partial charge on any atom is 0.252 e. The Bertz CT molecular complexity index is 1740. The molecule has 0 aliphatic rings. The third-order valence-electron chi connectivity index (χ3n) is 7.01. The third kappa shape index (κ3) is 10.2. The SMILES string of the molecule is Cc1cccc(C[C@H](NC(=O)c2cc(F)cc(F)c2)C(=O)N[C@H](/C=C(\F)S(=O)(=O)Cc2ccccc2)CCc2ccccc2)c1. The molecule has 0 aromatic heterocycles. The van der Waals surface area contributed by atoms with Crippen LogP contribution < -0.4 is 10.6 Å². The van der Waals surface area contributed by atoms with E-state index in [0.717, 1.165) is 29.3 Å². The van der Waals surface area contributed by atoms with Crippen LogP contribution in [0.2, 0.25) is 0 Å². The fraction of sp³-hybridized carbons (Fsp3) is 0.200. The monoisotopic (exact) mass is 634 g/mol. The number of sulfone groups is 1. The van der Waals surface area contributed by atoms with E-state index in [9.17, 15) is 26.8 Å². The maximum absolute atomic E-state index is 15.4. The summed E-state index contributed by atoms with van der Waals surface area (Å²) in [5.74, 6) is -4.11. The molecule has 4 aromatic carbocycles. The number of amides is 2. The second kappa shape index (κ2) is 15.3. The Morgan fingerprint density at radius 3 is 2.00 bits per heavy atom. The molecule has 0 aliphatic carbocycles. The summed E-state index contributed by atoms with van der Waals surface area (Å²) in [5.41, 5.74) is 2.55. The number of rotatable bonds is 13. The van der Waals surface area contributed by atoms with E-state index < -0.39 is 56.3 Å². The molecule has 0 saturated heterocycles. The zero-order valence-electron chi connectivity index (χ0n) is 24.6. The minimum atomic E-state index is -4.36. The molecule has 0 radical (unpaired) electrons. The van der Waals surface area contributed by atoms with Gasteiger partial charge >= 0.3 is 0 Å². The number of hydrogen-bond donors (Lipinski definition) is 2. The second-order valence-electron chi connectivity index (χ2n) is 10.7. The summed E-state index contributed by atoms with van der Waals surface area (Å²) >= 11 is 0. The van der Waals surface area contributed by atoms with Crippen molar-refractivity contribution in [1.29, 1.82) is 0 Å². The lowest BCUT2D eigenvalue weighted by Gasteiger charge is -2.23. The first kappa shape index (κ1) is 33.2. The van der Waals surface area contributed by atoms with E-state index in [1.54, 1.807) is 42.5 Å². The van der Waals surface area contributed by atoms with Gasteiger partial charge in [-0.15, -0.1) is 0 Å². The molecule has 234 valence electrons. The van der Waals surface area contributed by atoms with Crippen LogP contribution in [-0.2, 0) is 33.2 Å². The number of aryl methyl sites for hydroxylation is 2. The number of halogens is 3. The van der Waals surface area contributed by atoms with Gasteiger partial charge in [0.05, 0.1) is 11.8 Å². The second-order valence-corrected chi connectivity index (χ2v) is 12.6. The van der Waals surface area contributed by atoms with E-state index >= 15 is 4.39 Å². The van der Waals surface area contributed by atoms with Crippen molar-refractivity contribution in [3.05, 3.63) is 154 Å². The molecule has 45 heavy (non-hydrogen) atoms. The number of benzene rings is 4. The summed E-state index contributed by atoms with van der Waals surface area (Å²) in [6, 6.07) is 24.5. The molecular weight excluding hydrogens is 601 g/mol. The van der Waals surface area contributed by atoms with E-state index in [4.69, 9.17) is 0 Å². The first-order valence-electron chi connectivity index (χ1n) is 14.3. The highest BCUT2D eigenvalue weighted by Gasteiger charge is 2.26. The van der Waals surface area contributed by atoms with Crippen LogP contribution in [0.5, 0.6) is 0 Å².